The highest BCUT2D eigenvalue weighted by Crippen LogP contribution is 2.42. The molecule has 27 heavy (non-hydrogen) atoms. The molecule has 1 aliphatic heterocycles. The smallest absolute Gasteiger partial charge is 0.326 e. The van der Waals surface area contributed by atoms with E-state index in [-0.39, 0.29) is 30.4 Å². The van der Waals surface area contributed by atoms with Gasteiger partial charge in [-0.1, -0.05) is 36.2 Å². The molecule has 7 heteroatoms. The molecule has 3 amide bonds. The molecule has 2 fully saturated rings. The van der Waals surface area contributed by atoms with Crippen LogP contribution in [0.3, 0.4) is 0 Å². The summed E-state index contributed by atoms with van der Waals surface area (Å²) in [5.74, 6) is 1.04. The molecule has 1 aliphatic carbocycles. The first-order valence-electron chi connectivity index (χ1n) is 9.55. The maximum atomic E-state index is 13.2. The maximum absolute atomic E-state index is 13.2. The van der Waals surface area contributed by atoms with Gasteiger partial charge in [0.15, 0.2) is 0 Å². The van der Waals surface area contributed by atoms with E-state index in [9.17, 15) is 9.59 Å². The minimum Gasteiger partial charge on any atom is -0.492 e. The van der Waals surface area contributed by atoms with E-state index >= 15 is 0 Å². The van der Waals surface area contributed by atoms with Gasteiger partial charge in [-0.3, -0.25) is 9.69 Å². The van der Waals surface area contributed by atoms with Crippen LogP contribution in [-0.2, 0) is 4.79 Å². The van der Waals surface area contributed by atoms with Crippen molar-refractivity contribution in [3.63, 3.8) is 0 Å². The van der Waals surface area contributed by atoms with Gasteiger partial charge >= 0.3 is 6.03 Å². The number of benzene rings is 1. The van der Waals surface area contributed by atoms with Crippen molar-refractivity contribution >= 4 is 27.9 Å². The topological polar surface area (TPSA) is 61.9 Å². The Labute approximate surface area is 169 Å². The lowest BCUT2D eigenvalue weighted by Crippen LogP contribution is -2.59. The molecule has 2 atom stereocenters. The van der Waals surface area contributed by atoms with Crippen LogP contribution in [0.25, 0.3) is 0 Å². The van der Waals surface area contributed by atoms with Gasteiger partial charge in [-0.05, 0) is 56.0 Å². The Morgan fingerprint density at radius 2 is 1.85 bits per heavy atom. The predicted molar refractivity (Wildman–Crippen MR) is 107 cm³/mol. The minimum atomic E-state index is -0.732. The highest BCUT2D eigenvalue weighted by atomic mass is 79.9. The Balaban J connectivity index is 1.56. The summed E-state index contributed by atoms with van der Waals surface area (Å²) in [6, 6.07) is 7.38. The molecule has 0 aromatic heterocycles. The van der Waals surface area contributed by atoms with Crippen molar-refractivity contribution in [2.75, 3.05) is 26.9 Å². The first kappa shape index (κ1) is 20.1. The molecule has 1 heterocycles. The number of nitrogens with one attached hydrogen (secondary N) is 1. The summed E-state index contributed by atoms with van der Waals surface area (Å²) >= 11 is 3.40. The Kier molecular flexibility index (Phi) is 6.11. The van der Waals surface area contributed by atoms with E-state index in [1.54, 1.807) is 0 Å². The molecule has 0 bridgehead atoms. The predicted octanol–water partition coefficient (Wildman–Crippen LogP) is 3.46. The van der Waals surface area contributed by atoms with Gasteiger partial charge in [0, 0.05) is 11.0 Å². The second-order valence-corrected chi connectivity index (χ2v) is 8.70. The van der Waals surface area contributed by atoms with Crippen LogP contribution < -0.4 is 10.1 Å². The number of halogens is 1. The van der Waals surface area contributed by atoms with Gasteiger partial charge in [0.25, 0.3) is 5.91 Å². The number of imide groups is 1. The summed E-state index contributed by atoms with van der Waals surface area (Å²) in [5, 5.41) is 3.04. The van der Waals surface area contributed by atoms with Crippen LogP contribution in [-0.4, -0.2) is 54.1 Å². The Bertz CT molecular complexity index is 684. The third-order valence-corrected chi connectivity index (χ3v) is 6.45. The van der Waals surface area contributed by atoms with Crippen molar-refractivity contribution in [2.24, 2.45) is 11.8 Å². The fourth-order valence-corrected chi connectivity index (χ4v) is 4.51. The third-order valence-electron chi connectivity index (χ3n) is 5.93. The van der Waals surface area contributed by atoms with Crippen molar-refractivity contribution in [1.82, 2.24) is 15.1 Å². The van der Waals surface area contributed by atoms with Gasteiger partial charge in [0.05, 0.1) is 6.67 Å². The van der Waals surface area contributed by atoms with Crippen LogP contribution in [0.15, 0.2) is 28.7 Å². The normalized spacial score (nSPS) is 24.6. The lowest BCUT2D eigenvalue weighted by Gasteiger charge is -2.42. The molecular formula is C20H28BrN3O3. The van der Waals surface area contributed by atoms with E-state index in [0.29, 0.717) is 13.2 Å². The van der Waals surface area contributed by atoms with Gasteiger partial charge in [-0.2, -0.15) is 0 Å². The molecule has 1 aromatic rings. The van der Waals surface area contributed by atoms with Crippen LogP contribution >= 0.6 is 15.9 Å². The van der Waals surface area contributed by atoms with Crippen LogP contribution in [0, 0.1) is 11.8 Å². The van der Waals surface area contributed by atoms with Gasteiger partial charge < -0.3 is 10.1 Å². The monoisotopic (exact) mass is 437 g/mol. The number of amides is 3. The number of nitrogens with zero attached hydrogens (tertiary/aromatic N) is 2. The highest BCUT2D eigenvalue weighted by molar-refractivity contribution is 9.10. The SMILES string of the molecule is C[C@@H]1CCC[C@@H](C)C12NC(=O)N(CN(C)CCOc1ccc(Br)cc1)C2=O. The first-order valence-corrected chi connectivity index (χ1v) is 10.3. The largest absolute Gasteiger partial charge is 0.492 e. The zero-order chi connectivity index (χ0) is 19.6. The second kappa shape index (κ2) is 8.19. The van der Waals surface area contributed by atoms with Gasteiger partial charge in [-0.25, -0.2) is 9.69 Å². The summed E-state index contributed by atoms with van der Waals surface area (Å²) in [6.07, 6.45) is 3.06. The molecule has 1 spiro atoms. The van der Waals surface area contributed by atoms with Crippen molar-refractivity contribution < 1.29 is 14.3 Å². The Morgan fingerprint density at radius 1 is 1.22 bits per heavy atom. The average molecular weight is 438 g/mol. The van der Waals surface area contributed by atoms with Crippen LogP contribution in [0.1, 0.15) is 33.1 Å². The summed E-state index contributed by atoms with van der Waals surface area (Å²) in [6.45, 7) is 5.53. The van der Waals surface area contributed by atoms with Crippen molar-refractivity contribution in [2.45, 2.75) is 38.6 Å². The maximum Gasteiger partial charge on any atom is 0.326 e. The summed E-state index contributed by atoms with van der Waals surface area (Å²) in [5.41, 5.74) is -0.732. The molecule has 1 N–H and O–H groups in total. The Morgan fingerprint density at radius 3 is 2.48 bits per heavy atom. The average Bonchev–Trinajstić information content (AvgIpc) is 2.87. The van der Waals surface area contributed by atoms with E-state index in [0.717, 1.165) is 29.5 Å². The standard InChI is InChI=1S/C20H28BrN3O3/c1-14-5-4-6-15(2)20(14)18(25)24(19(26)22-20)13-23(3)11-12-27-17-9-7-16(21)8-10-17/h7-10,14-15H,4-6,11-13H2,1-3H3,(H,22,26)/t14-,15-/m1/s1. The number of ether oxygens (including phenoxy) is 1. The molecule has 148 valence electrons. The minimum absolute atomic E-state index is 0.0760. The van der Waals surface area contributed by atoms with Crippen molar-refractivity contribution in [3.05, 3.63) is 28.7 Å². The fraction of sp³-hybridized carbons (Fsp3) is 0.600. The lowest BCUT2D eigenvalue weighted by molar-refractivity contribution is -0.137. The molecule has 2 aliphatic rings. The molecule has 1 saturated carbocycles. The van der Waals surface area contributed by atoms with E-state index in [1.165, 1.54) is 4.90 Å². The quantitative estimate of drug-likeness (QED) is 0.692. The van der Waals surface area contributed by atoms with Crippen LogP contribution in [0.5, 0.6) is 5.75 Å². The summed E-state index contributed by atoms with van der Waals surface area (Å²) < 4.78 is 6.73. The zero-order valence-corrected chi connectivity index (χ0v) is 17.8. The lowest BCUT2D eigenvalue weighted by atomic mass is 9.67. The van der Waals surface area contributed by atoms with E-state index < -0.39 is 5.54 Å². The van der Waals surface area contributed by atoms with E-state index in [1.807, 2.05) is 36.2 Å². The molecule has 6 nitrogen and oxygen atoms in total. The fourth-order valence-electron chi connectivity index (χ4n) is 4.24. The first-order chi connectivity index (χ1) is 12.8. The van der Waals surface area contributed by atoms with Crippen molar-refractivity contribution in [3.8, 4) is 5.75 Å². The molecule has 1 aromatic carbocycles. The van der Waals surface area contributed by atoms with Crippen molar-refractivity contribution in [1.29, 1.82) is 0 Å². The molecule has 0 unspecified atom stereocenters. The van der Waals surface area contributed by atoms with Gasteiger partial charge in [0.1, 0.15) is 17.9 Å². The van der Waals surface area contributed by atoms with Gasteiger partial charge in [0.2, 0.25) is 0 Å². The summed E-state index contributed by atoms with van der Waals surface area (Å²) in [7, 11) is 1.89. The van der Waals surface area contributed by atoms with E-state index in [4.69, 9.17) is 4.74 Å². The number of rotatable bonds is 6. The summed E-state index contributed by atoms with van der Waals surface area (Å²) in [4.78, 5) is 29.0. The van der Waals surface area contributed by atoms with Crippen LogP contribution in [0.2, 0.25) is 0 Å². The van der Waals surface area contributed by atoms with Gasteiger partial charge in [-0.15, -0.1) is 0 Å². The third kappa shape index (κ3) is 3.99. The number of urea groups is 1. The molecular weight excluding hydrogens is 410 g/mol. The Hall–Kier alpha value is -1.60. The zero-order valence-electron chi connectivity index (χ0n) is 16.2. The highest BCUT2D eigenvalue weighted by Gasteiger charge is 2.58. The number of hydrogen-bond acceptors (Lipinski definition) is 4. The molecule has 3 rings (SSSR count). The van der Waals surface area contributed by atoms with Crippen LogP contribution in [0.4, 0.5) is 4.79 Å². The number of hydrogen-bond donors (Lipinski definition) is 1. The second-order valence-electron chi connectivity index (χ2n) is 7.79. The number of carbonyl (C=O) groups is 2. The molecule has 0 radical (unpaired) electrons. The van der Waals surface area contributed by atoms with E-state index in [2.05, 4.69) is 35.1 Å². The number of likely N-dealkylation sites (N-methyl/N-ethyl adjacent to an activating group) is 1. The number of carbonyl (C=O) groups excluding carboxylic acids is 2. The molecule has 1 saturated heterocycles.